The highest BCUT2D eigenvalue weighted by molar-refractivity contribution is 7.70. The molecule has 1 unspecified atom stereocenters. The minimum Gasteiger partial charge on any atom is -0.387 e. The molecule has 4 rings (SSSR count). The number of nitrogens with zero attached hydrogens (tertiary/aromatic N) is 3. The average Bonchev–Trinajstić information content (AvgIpc) is 3.47. The summed E-state index contributed by atoms with van der Waals surface area (Å²) >= 11 is 0. The van der Waals surface area contributed by atoms with Gasteiger partial charge in [-0.1, -0.05) is 19.8 Å². The molecule has 5 atom stereocenters. The molecule has 1 aliphatic carbocycles. The van der Waals surface area contributed by atoms with Crippen molar-refractivity contribution in [3.8, 4) is 0 Å². The lowest BCUT2D eigenvalue weighted by molar-refractivity contribution is -0.0203. The van der Waals surface area contributed by atoms with E-state index in [4.69, 9.17) is 24.0 Å². The van der Waals surface area contributed by atoms with Gasteiger partial charge in [-0.25, -0.2) is 9.50 Å². The van der Waals surface area contributed by atoms with Gasteiger partial charge in [0.15, 0.2) is 17.5 Å². The Morgan fingerprint density at radius 1 is 1.17 bits per heavy atom. The van der Waals surface area contributed by atoms with Crippen molar-refractivity contribution >= 4 is 26.5 Å². The second kappa shape index (κ2) is 10.5. The van der Waals surface area contributed by atoms with Crippen molar-refractivity contribution in [2.24, 2.45) is 0 Å². The van der Waals surface area contributed by atoms with Gasteiger partial charge in [0.25, 0.3) is 0 Å². The van der Waals surface area contributed by atoms with Gasteiger partial charge in [0.1, 0.15) is 29.9 Å². The number of ether oxygens (including phenoxy) is 1. The van der Waals surface area contributed by atoms with Crippen molar-refractivity contribution in [1.82, 2.24) is 14.6 Å². The van der Waals surface area contributed by atoms with Gasteiger partial charge in [0.05, 0.1) is 12.3 Å². The molecule has 13 nitrogen and oxygen atoms in total. The van der Waals surface area contributed by atoms with Gasteiger partial charge in [-0.05, 0) is 31.4 Å². The molecule has 2 fully saturated rings. The molecule has 1 saturated heterocycles. The number of hydrogen-bond donors (Lipinski definition) is 6. The van der Waals surface area contributed by atoms with Crippen LogP contribution < -0.4 is 5.32 Å². The SMILES string of the molecule is CCCc1nc(NC2CCCC2)c2ccc([C@@H]3O[C@H](COP(=O)(O)CP(=O)(O)O)[C@@H](O)[C@H]3O)n2n1. The Bertz CT molecular complexity index is 1130. The summed E-state index contributed by atoms with van der Waals surface area (Å²) in [4.78, 5) is 32.3. The second-order valence-electron chi connectivity index (χ2n) is 9.12. The third-order valence-corrected chi connectivity index (χ3v) is 9.67. The Morgan fingerprint density at radius 3 is 2.54 bits per heavy atom. The van der Waals surface area contributed by atoms with Crippen LogP contribution in [0.15, 0.2) is 12.1 Å². The molecule has 0 spiro atoms. The number of aromatic nitrogens is 3. The van der Waals surface area contributed by atoms with E-state index in [1.54, 1.807) is 16.6 Å². The summed E-state index contributed by atoms with van der Waals surface area (Å²) in [7, 11) is -9.43. The monoisotopic (exact) mass is 534 g/mol. The number of fused-ring (bicyclic) bond motifs is 1. The number of hydrogen-bond acceptors (Lipinski definition) is 9. The van der Waals surface area contributed by atoms with E-state index >= 15 is 0 Å². The van der Waals surface area contributed by atoms with E-state index < -0.39 is 52.1 Å². The van der Waals surface area contributed by atoms with Crippen molar-refractivity contribution in [1.29, 1.82) is 0 Å². The highest BCUT2D eigenvalue weighted by atomic mass is 31.2. The highest BCUT2D eigenvalue weighted by Gasteiger charge is 2.46. The first-order chi connectivity index (χ1) is 16.5. The summed E-state index contributed by atoms with van der Waals surface area (Å²) in [6.07, 6.45) is 0.829. The Labute approximate surface area is 202 Å². The molecule has 35 heavy (non-hydrogen) atoms. The molecular formula is C20H32N4O9P2. The lowest BCUT2D eigenvalue weighted by Crippen LogP contribution is -2.33. The molecule has 2 aliphatic rings. The van der Waals surface area contributed by atoms with E-state index in [0.29, 0.717) is 35.3 Å². The maximum absolute atomic E-state index is 12.0. The van der Waals surface area contributed by atoms with Crippen LogP contribution in [-0.4, -0.2) is 76.4 Å². The maximum Gasteiger partial charge on any atom is 0.340 e. The minimum atomic E-state index is -4.80. The molecule has 6 N–H and O–H groups in total. The van der Waals surface area contributed by atoms with Gasteiger partial charge in [-0.2, -0.15) is 5.10 Å². The predicted octanol–water partition coefficient (Wildman–Crippen LogP) is 1.54. The molecular weight excluding hydrogens is 502 g/mol. The first-order valence-corrected chi connectivity index (χ1v) is 15.2. The predicted molar refractivity (Wildman–Crippen MR) is 125 cm³/mol. The summed E-state index contributed by atoms with van der Waals surface area (Å²) in [5, 5.41) is 29.3. The fraction of sp³-hybridized carbons (Fsp3) is 0.700. The molecule has 3 heterocycles. The number of nitrogens with one attached hydrogen (secondary N) is 1. The normalized spacial score (nSPS) is 27.5. The minimum absolute atomic E-state index is 0.320. The fourth-order valence-electron chi connectivity index (χ4n) is 4.57. The number of aliphatic hydroxyl groups excluding tert-OH is 2. The first kappa shape index (κ1) is 26.7. The van der Waals surface area contributed by atoms with Crippen molar-refractivity contribution in [2.75, 3.05) is 17.8 Å². The lowest BCUT2D eigenvalue weighted by atomic mass is 10.1. The van der Waals surface area contributed by atoms with Gasteiger partial charge in [-0.3, -0.25) is 9.13 Å². The zero-order chi connectivity index (χ0) is 25.4. The number of aliphatic hydroxyl groups is 2. The van der Waals surface area contributed by atoms with E-state index in [1.165, 1.54) is 0 Å². The van der Waals surface area contributed by atoms with Crippen molar-refractivity contribution in [2.45, 2.75) is 75.9 Å². The molecule has 196 valence electrons. The largest absolute Gasteiger partial charge is 0.387 e. The van der Waals surface area contributed by atoms with Gasteiger partial charge >= 0.3 is 15.2 Å². The van der Waals surface area contributed by atoms with E-state index in [2.05, 4.69) is 10.4 Å². The van der Waals surface area contributed by atoms with Crippen LogP contribution in [0.2, 0.25) is 0 Å². The zero-order valence-electron chi connectivity index (χ0n) is 19.3. The smallest absolute Gasteiger partial charge is 0.340 e. The van der Waals surface area contributed by atoms with Crippen LogP contribution in [-0.2, 0) is 24.8 Å². The van der Waals surface area contributed by atoms with Crippen LogP contribution in [0.25, 0.3) is 5.52 Å². The van der Waals surface area contributed by atoms with E-state index in [9.17, 15) is 24.2 Å². The Balaban J connectivity index is 1.57. The molecule has 0 radical (unpaired) electrons. The van der Waals surface area contributed by atoms with Crippen LogP contribution in [0.3, 0.4) is 0 Å². The zero-order valence-corrected chi connectivity index (χ0v) is 21.1. The van der Waals surface area contributed by atoms with Crippen LogP contribution in [0.1, 0.15) is 56.7 Å². The third-order valence-electron chi connectivity index (χ3n) is 6.21. The summed E-state index contributed by atoms with van der Waals surface area (Å²) in [5.41, 5.74) is 1.16. The second-order valence-corrected chi connectivity index (χ2v) is 13.1. The Hall–Kier alpha value is -1.40. The topological polar surface area (TPSA) is 196 Å². The molecule has 2 aromatic rings. The van der Waals surface area contributed by atoms with Crippen molar-refractivity contribution < 1.29 is 43.3 Å². The van der Waals surface area contributed by atoms with Crippen LogP contribution in [0, 0.1) is 0 Å². The summed E-state index contributed by atoms with van der Waals surface area (Å²) in [6.45, 7) is 1.38. The summed E-state index contributed by atoms with van der Waals surface area (Å²) in [6, 6.07) is 3.84. The van der Waals surface area contributed by atoms with Gasteiger partial charge in [0, 0.05) is 12.5 Å². The average molecular weight is 534 g/mol. The maximum atomic E-state index is 12.0. The quantitative estimate of drug-likeness (QED) is 0.241. The summed E-state index contributed by atoms with van der Waals surface area (Å²) < 4.78 is 35.2. The third kappa shape index (κ3) is 6.30. The molecule has 0 amide bonds. The molecule has 2 aromatic heterocycles. The standard InChI is InChI=1S/C20H32N4O9P2/c1-2-5-16-22-20(21-12-6-3-4-7-12)14-9-8-13(24(14)23-16)19-18(26)17(25)15(33-19)10-32-35(30,31)11-34(27,28)29/h8-9,12,15,17-19,25-26H,2-7,10-11H2,1H3,(H,30,31)(H,21,22,23)(H2,27,28,29)/t15-,17-,18-,19+/m1/s1. The fourth-order valence-corrected chi connectivity index (χ4v) is 7.14. The van der Waals surface area contributed by atoms with E-state index in [-0.39, 0.29) is 0 Å². The molecule has 0 bridgehead atoms. The van der Waals surface area contributed by atoms with Crippen molar-refractivity contribution in [3.63, 3.8) is 0 Å². The number of rotatable bonds is 10. The Kier molecular flexibility index (Phi) is 8.02. The highest BCUT2D eigenvalue weighted by Crippen LogP contribution is 2.55. The van der Waals surface area contributed by atoms with Gasteiger partial charge in [0.2, 0.25) is 0 Å². The van der Waals surface area contributed by atoms with Crippen molar-refractivity contribution in [3.05, 3.63) is 23.7 Å². The van der Waals surface area contributed by atoms with Crippen LogP contribution in [0.4, 0.5) is 5.82 Å². The molecule has 0 aromatic carbocycles. The number of aryl methyl sites for hydroxylation is 1. The summed E-state index contributed by atoms with van der Waals surface area (Å²) in [5.74, 6) is -0.0517. The van der Waals surface area contributed by atoms with Crippen LogP contribution >= 0.6 is 15.2 Å². The first-order valence-electron chi connectivity index (χ1n) is 11.6. The molecule has 15 heteroatoms. The number of anilines is 1. The Morgan fingerprint density at radius 2 is 1.89 bits per heavy atom. The lowest BCUT2D eigenvalue weighted by Gasteiger charge is -2.18. The van der Waals surface area contributed by atoms with Gasteiger partial charge in [-0.15, -0.1) is 0 Å². The van der Waals surface area contributed by atoms with Gasteiger partial charge < -0.3 is 39.5 Å². The van der Waals surface area contributed by atoms with E-state index in [0.717, 1.165) is 32.1 Å². The molecule has 1 aliphatic heterocycles. The van der Waals surface area contributed by atoms with Crippen LogP contribution in [0.5, 0.6) is 0 Å². The van der Waals surface area contributed by atoms with E-state index in [1.807, 2.05) is 6.92 Å². The molecule has 1 saturated carbocycles.